The molecular formula is C26H40O2. The van der Waals surface area contributed by atoms with Crippen molar-refractivity contribution in [2.24, 2.45) is 17.3 Å². The van der Waals surface area contributed by atoms with Gasteiger partial charge in [-0.25, -0.2) is 0 Å². The van der Waals surface area contributed by atoms with E-state index in [0.717, 1.165) is 30.5 Å². The third-order valence-corrected chi connectivity index (χ3v) is 7.97. The van der Waals surface area contributed by atoms with Crippen LogP contribution in [0.5, 0.6) is 0 Å². The van der Waals surface area contributed by atoms with Gasteiger partial charge in [0.2, 0.25) is 0 Å². The van der Waals surface area contributed by atoms with Crippen LogP contribution in [0.4, 0.5) is 0 Å². The molecule has 4 fully saturated rings. The number of hydrogen-bond acceptors (Lipinski definition) is 2. The van der Waals surface area contributed by atoms with E-state index in [1.54, 1.807) is 11.1 Å². The average molecular weight is 385 g/mol. The normalized spacial score (nSPS) is 34.4. The molecule has 2 nitrogen and oxygen atoms in total. The minimum absolute atomic E-state index is 0.433. The predicted molar refractivity (Wildman–Crippen MR) is 116 cm³/mol. The van der Waals surface area contributed by atoms with E-state index in [0.29, 0.717) is 12.2 Å². The summed E-state index contributed by atoms with van der Waals surface area (Å²) >= 11 is 0. The molecule has 4 unspecified atom stereocenters. The predicted octanol–water partition coefficient (Wildman–Crippen LogP) is 6.35. The molecule has 6 rings (SSSR count). The molecule has 1 heterocycles. The maximum absolute atomic E-state index is 5.56. The van der Waals surface area contributed by atoms with E-state index >= 15 is 0 Å². The van der Waals surface area contributed by atoms with Crippen LogP contribution in [0.25, 0.3) is 0 Å². The lowest BCUT2D eigenvalue weighted by Crippen LogP contribution is -2.40. The molecule has 0 aromatic heterocycles. The van der Waals surface area contributed by atoms with E-state index < -0.39 is 0 Å². The van der Waals surface area contributed by atoms with Gasteiger partial charge in [-0.2, -0.15) is 0 Å². The Labute approximate surface area is 172 Å². The number of fused-ring (bicyclic) bond motifs is 3. The van der Waals surface area contributed by atoms with Gasteiger partial charge in [-0.05, 0) is 73.3 Å². The van der Waals surface area contributed by atoms with Crippen LogP contribution in [0, 0.1) is 17.3 Å². The van der Waals surface area contributed by atoms with Crippen LogP contribution in [0.15, 0.2) is 24.3 Å². The van der Waals surface area contributed by atoms with Crippen LogP contribution in [-0.2, 0) is 22.3 Å². The van der Waals surface area contributed by atoms with Gasteiger partial charge in [0, 0.05) is 0 Å². The zero-order valence-corrected chi connectivity index (χ0v) is 18.1. The third-order valence-electron chi connectivity index (χ3n) is 7.97. The van der Waals surface area contributed by atoms with Crippen molar-refractivity contribution in [2.75, 3.05) is 13.2 Å². The molecule has 0 radical (unpaired) electrons. The number of aryl methyl sites for hydroxylation is 2. The van der Waals surface area contributed by atoms with Crippen molar-refractivity contribution in [3.05, 3.63) is 35.4 Å². The first kappa shape index (κ1) is 20.4. The largest absolute Gasteiger partial charge is 0.373 e. The molecule has 5 aliphatic rings. The maximum Gasteiger partial charge on any atom is 0.0837 e. The topological polar surface area (TPSA) is 18.5 Å². The zero-order chi connectivity index (χ0) is 19.4. The Morgan fingerprint density at radius 3 is 1.61 bits per heavy atom. The molecule has 4 atom stereocenters. The molecule has 1 aromatic carbocycles. The fraction of sp³-hybridized carbons (Fsp3) is 0.769. The highest BCUT2D eigenvalue weighted by molar-refractivity contribution is 5.30. The molecule has 1 aliphatic heterocycles. The Balaban J connectivity index is 0.000000103. The molecular weight excluding hydrogens is 344 g/mol. The summed E-state index contributed by atoms with van der Waals surface area (Å²) in [6.45, 7) is 6.49. The first-order valence-corrected chi connectivity index (χ1v) is 12.0. The van der Waals surface area contributed by atoms with Crippen LogP contribution < -0.4 is 0 Å². The molecule has 2 heteroatoms. The lowest BCUT2D eigenvalue weighted by molar-refractivity contribution is -0.153. The fourth-order valence-electron chi connectivity index (χ4n) is 6.09. The van der Waals surface area contributed by atoms with Crippen molar-refractivity contribution in [3.8, 4) is 0 Å². The lowest BCUT2D eigenvalue weighted by atomic mass is 9.94. The second-order valence-corrected chi connectivity index (χ2v) is 10.0. The molecule has 1 aromatic rings. The highest BCUT2D eigenvalue weighted by Gasteiger charge is 2.57. The molecule has 0 spiro atoms. The number of ether oxygens (including phenoxy) is 2. The van der Waals surface area contributed by atoms with E-state index in [1.807, 2.05) is 0 Å². The summed E-state index contributed by atoms with van der Waals surface area (Å²) in [5.74, 6) is 2.23. The Kier molecular flexibility index (Phi) is 6.78. The monoisotopic (exact) mass is 384 g/mol. The van der Waals surface area contributed by atoms with Gasteiger partial charge in [0.15, 0.2) is 0 Å². The van der Waals surface area contributed by atoms with Crippen LogP contribution in [0.1, 0.15) is 82.8 Å². The highest BCUT2D eigenvalue weighted by atomic mass is 16.6. The van der Waals surface area contributed by atoms with Crippen LogP contribution in [0.3, 0.4) is 0 Å². The summed E-state index contributed by atoms with van der Waals surface area (Å²) in [6.07, 6.45) is 16.0. The first-order chi connectivity index (χ1) is 13.7. The quantitative estimate of drug-likeness (QED) is 0.519. The van der Waals surface area contributed by atoms with Crippen molar-refractivity contribution < 1.29 is 9.47 Å². The standard InChI is InChI=1S/C9H16.C9H10.C8H14O2/c1-9(2)7-5-3-4-6-8(7)9;1-2-5-9-7-3-6-8(9)4-1;1-2-4-8-7(3-1)9-5-6-10-8/h7-8H,3-6H2,1-2H3;1-2,4-5H,3,6-7H2;7-8H,1-6H2. The van der Waals surface area contributed by atoms with Gasteiger partial charge in [-0.1, -0.05) is 63.8 Å². The van der Waals surface area contributed by atoms with E-state index in [-0.39, 0.29) is 0 Å². The smallest absolute Gasteiger partial charge is 0.0837 e. The van der Waals surface area contributed by atoms with Crippen molar-refractivity contribution in [2.45, 2.75) is 96.7 Å². The van der Waals surface area contributed by atoms with Crippen molar-refractivity contribution in [1.29, 1.82) is 0 Å². The fourth-order valence-corrected chi connectivity index (χ4v) is 6.09. The summed E-state index contributed by atoms with van der Waals surface area (Å²) in [5.41, 5.74) is 3.88. The molecule has 0 amide bonds. The zero-order valence-electron chi connectivity index (χ0n) is 18.1. The Hall–Kier alpha value is -0.860. The maximum atomic E-state index is 5.56. The summed E-state index contributed by atoms with van der Waals surface area (Å²) in [4.78, 5) is 0. The highest BCUT2D eigenvalue weighted by Crippen LogP contribution is 2.64. The van der Waals surface area contributed by atoms with Gasteiger partial charge in [0.1, 0.15) is 0 Å². The molecule has 3 saturated carbocycles. The van der Waals surface area contributed by atoms with Gasteiger partial charge in [0.05, 0.1) is 25.4 Å². The van der Waals surface area contributed by atoms with Crippen LogP contribution in [-0.4, -0.2) is 25.4 Å². The Morgan fingerprint density at radius 2 is 1.14 bits per heavy atom. The number of rotatable bonds is 0. The summed E-state index contributed by atoms with van der Waals surface area (Å²) in [5, 5.41) is 0. The van der Waals surface area contributed by atoms with Crippen LogP contribution >= 0.6 is 0 Å². The van der Waals surface area contributed by atoms with E-state index in [9.17, 15) is 0 Å². The van der Waals surface area contributed by atoms with Gasteiger partial charge < -0.3 is 9.47 Å². The van der Waals surface area contributed by atoms with Gasteiger partial charge in [-0.15, -0.1) is 0 Å². The number of benzene rings is 1. The summed E-state index contributed by atoms with van der Waals surface area (Å²) in [6, 6.07) is 8.74. The van der Waals surface area contributed by atoms with E-state index in [1.165, 1.54) is 70.6 Å². The van der Waals surface area contributed by atoms with Crippen molar-refractivity contribution in [3.63, 3.8) is 0 Å². The molecule has 156 valence electrons. The SMILES string of the molecule is C1CCC2OCCOC2C1.CC1(C)C2CCCCC21.c1ccc2c(c1)CCC2. The molecule has 1 saturated heterocycles. The minimum Gasteiger partial charge on any atom is -0.373 e. The van der Waals surface area contributed by atoms with E-state index in [4.69, 9.17) is 9.47 Å². The van der Waals surface area contributed by atoms with Gasteiger partial charge in [0.25, 0.3) is 0 Å². The second-order valence-electron chi connectivity index (χ2n) is 10.0. The molecule has 0 N–H and O–H groups in total. The Morgan fingerprint density at radius 1 is 0.679 bits per heavy atom. The summed E-state index contributed by atoms with van der Waals surface area (Å²) < 4.78 is 11.1. The summed E-state index contributed by atoms with van der Waals surface area (Å²) in [7, 11) is 0. The van der Waals surface area contributed by atoms with E-state index in [2.05, 4.69) is 38.1 Å². The third kappa shape index (κ3) is 4.82. The van der Waals surface area contributed by atoms with Gasteiger partial charge in [-0.3, -0.25) is 0 Å². The lowest BCUT2D eigenvalue weighted by Gasteiger charge is -2.35. The molecule has 28 heavy (non-hydrogen) atoms. The number of hydrogen-bond donors (Lipinski definition) is 0. The Bertz CT molecular complexity index is 560. The second kappa shape index (κ2) is 9.30. The first-order valence-electron chi connectivity index (χ1n) is 12.0. The molecule has 4 aliphatic carbocycles. The average Bonchev–Trinajstić information content (AvgIpc) is 3.08. The minimum atomic E-state index is 0.433. The van der Waals surface area contributed by atoms with Crippen molar-refractivity contribution in [1.82, 2.24) is 0 Å². The van der Waals surface area contributed by atoms with Crippen molar-refractivity contribution >= 4 is 0 Å². The molecule has 0 bridgehead atoms. The van der Waals surface area contributed by atoms with Crippen LogP contribution in [0.2, 0.25) is 0 Å². The van der Waals surface area contributed by atoms with Gasteiger partial charge >= 0.3 is 0 Å².